The maximum atomic E-state index is 12.6. The summed E-state index contributed by atoms with van der Waals surface area (Å²) in [7, 11) is 0. The Balaban J connectivity index is 1.40. The van der Waals surface area contributed by atoms with E-state index in [-0.39, 0.29) is 5.91 Å². The van der Waals surface area contributed by atoms with Crippen molar-refractivity contribution < 1.29 is 4.79 Å². The molecule has 0 bridgehead atoms. The minimum absolute atomic E-state index is 0.107. The smallest absolute Gasteiger partial charge is 0.246 e. The number of benzene rings is 1. The van der Waals surface area contributed by atoms with E-state index in [1.165, 1.54) is 25.1 Å². The lowest BCUT2D eigenvalue weighted by Crippen LogP contribution is -2.39. The predicted octanol–water partition coefficient (Wildman–Crippen LogP) is 4.10. The fourth-order valence-corrected chi connectivity index (χ4v) is 4.01. The summed E-state index contributed by atoms with van der Waals surface area (Å²) in [4.78, 5) is 19.2. The number of piperidine rings is 1. The van der Waals surface area contributed by atoms with E-state index in [0.29, 0.717) is 5.92 Å². The van der Waals surface area contributed by atoms with Gasteiger partial charge in [0.1, 0.15) is 5.82 Å². The van der Waals surface area contributed by atoms with Gasteiger partial charge in [-0.15, -0.1) is 0 Å². The highest BCUT2D eigenvalue weighted by Gasteiger charge is 2.27. The number of aromatic nitrogens is 2. The number of nitrogens with zero attached hydrogens (tertiary/aromatic N) is 3. The summed E-state index contributed by atoms with van der Waals surface area (Å²) < 4.78 is 2.34. The third kappa shape index (κ3) is 3.90. The van der Waals surface area contributed by atoms with Crippen molar-refractivity contribution in [2.45, 2.75) is 44.6 Å². The topological polar surface area (TPSA) is 38.1 Å². The number of carbonyl (C=O) groups excluding carboxylic acids is 1. The summed E-state index contributed by atoms with van der Waals surface area (Å²) >= 11 is 0. The van der Waals surface area contributed by atoms with Crippen LogP contribution in [0.4, 0.5) is 0 Å². The van der Waals surface area contributed by atoms with Crippen LogP contribution in [0.15, 0.2) is 48.8 Å². The van der Waals surface area contributed by atoms with Crippen molar-refractivity contribution in [1.29, 1.82) is 0 Å². The van der Waals surface area contributed by atoms with Crippen molar-refractivity contribution in [3.63, 3.8) is 0 Å². The van der Waals surface area contributed by atoms with Gasteiger partial charge in [0, 0.05) is 44.0 Å². The minimum atomic E-state index is 0.107. The number of carbonyl (C=O) groups is 1. The van der Waals surface area contributed by atoms with Gasteiger partial charge in [-0.2, -0.15) is 0 Å². The van der Waals surface area contributed by atoms with Crippen LogP contribution in [0, 0.1) is 5.92 Å². The van der Waals surface area contributed by atoms with Crippen LogP contribution in [0.5, 0.6) is 0 Å². The van der Waals surface area contributed by atoms with Gasteiger partial charge in [-0.05, 0) is 43.2 Å². The van der Waals surface area contributed by atoms with Crippen LogP contribution in [0.25, 0.3) is 6.08 Å². The lowest BCUT2D eigenvalue weighted by molar-refractivity contribution is -0.127. The first-order valence-electron chi connectivity index (χ1n) is 9.82. The Morgan fingerprint density at radius 1 is 1.15 bits per heavy atom. The fraction of sp³-hybridized carbons (Fsp3) is 0.455. The minimum Gasteiger partial charge on any atom is -0.338 e. The Kier molecular flexibility index (Phi) is 5.19. The second-order valence-corrected chi connectivity index (χ2v) is 7.60. The summed E-state index contributed by atoms with van der Waals surface area (Å²) in [6, 6.07) is 9.99. The van der Waals surface area contributed by atoms with E-state index in [0.717, 1.165) is 44.0 Å². The highest BCUT2D eigenvalue weighted by molar-refractivity contribution is 5.91. The number of amides is 1. The molecule has 1 atom stereocenters. The molecule has 2 fully saturated rings. The molecule has 1 saturated heterocycles. The zero-order valence-corrected chi connectivity index (χ0v) is 15.3. The van der Waals surface area contributed by atoms with Gasteiger partial charge in [-0.3, -0.25) is 4.79 Å². The van der Waals surface area contributed by atoms with Crippen LogP contribution in [-0.4, -0.2) is 33.4 Å². The van der Waals surface area contributed by atoms with Crippen LogP contribution in [-0.2, 0) is 11.3 Å². The average molecular weight is 349 g/mol. The lowest BCUT2D eigenvalue weighted by Gasteiger charge is -2.33. The van der Waals surface area contributed by atoms with Gasteiger partial charge in [0.05, 0.1) is 0 Å². The molecule has 1 unspecified atom stereocenters. The van der Waals surface area contributed by atoms with Crippen LogP contribution in [0.1, 0.15) is 49.4 Å². The normalized spacial score (nSPS) is 21.1. The van der Waals surface area contributed by atoms with E-state index in [2.05, 4.69) is 15.7 Å². The molecule has 26 heavy (non-hydrogen) atoms. The predicted molar refractivity (Wildman–Crippen MR) is 104 cm³/mol. The van der Waals surface area contributed by atoms with Crippen molar-refractivity contribution >= 4 is 12.0 Å². The molecule has 1 aliphatic carbocycles. The molecule has 2 heterocycles. The van der Waals surface area contributed by atoms with E-state index >= 15 is 0 Å². The van der Waals surface area contributed by atoms with Crippen LogP contribution < -0.4 is 0 Å². The first-order chi connectivity index (χ1) is 12.8. The van der Waals surface area contributed by atoms with Gasteiger partial charge in [0.25, 0.3) is 0 Å². The molecule has 0 radical (unpaired) electrons. The van der Waals surface area contributed by atoms with Crippen molar-refractivity contribution in [1.82, 2.24) is 14.5 Å². The number of likely N-dealkylation sites (tertiary alicyclic amines) is 1. The number of hydrogen-bond donors (Lipinski definition) is 0. The summed E-state index contributed by atoms with van der Waals surface area (Å²) in [6.07, 6.45) is 13.9. The van der Waals surface area contributed by atoms with Crippen LogP contribution in [0.3, 0.4) is 0 Å². The molecule has 1 aromatic carbocycles. The summed E-state index contributed by atoms with van der Waals surface area (Å²) in [5.41, 5.74) is 1.06. The molecule has 4 nitrogen and oxygen atoms in total. The molecule has 1 saturated carbocycles. The molecule has 0 N–H and O–H groups in total. The lowest BCUT2D eigenvalue weighted by atomic mass is 9.85. The third-order valence-corrected chi connectivity index (χ3v) is 5.74. The maximum Gasteiger partial charge on any atom is 0.246 e. The monoisotopic (exact) mass is 349 g/mol. The standard InChI is InChI=1S/C22H27N3O/c26-21(12-11-18-6-2-1-3-7-18)24-14-5-10-20(17-24)22-23-13-15-25(22)16-19-8-4-9-19/h1-3,6-7,11-13,15,19-20H,4-5,8-10,14,16-17H2. The van der Waals surface area contributed by atoms with E-state index in [9.17, 15) is 4.79 Å². The van der Waals surface area contributed by atoms with E-state index in [4.69, 9.17) is 0 Å². The van der Waals surface area contributed by atoms with Gasteiger partial charge in [0.15, 0.2) is 0 Å². The van der Waals surface area contributed by atoms with Gasteiger partial charge in [-0.1, -0.05) is 36.8 Å². The largest absolute Gasteiger partial charge is 0.338 e. The summed E-state index contributed by atoms with van der Waals surface area (Å²) in [6.45, 7) is 2.71. The number of hydrogen-bond acceptors (Lipinski definition) is 2. The first kappa shape index (κ1) is 17.1. The van der Waals surface area contributed by atoms with E-state index in [1.54, 1.807) is 6.08 Å². The fourth-order valence-electron chi connectivity index (χ4n) is 4.01. The Bertz CT molecular complexity index is 761. The van der Waals surface area contributed by atoms with Crippen molar-refractivity contribution in [3.05, 3.63) is 60.2 Å². The molecule has 4 rings (SSSR count). The molecule has 1 aliphatic heterocycles. The van der Waals surface area contributed by atoms with Gasteiger partial charge in [0.2, 0.25) is 5.91 Å². The molecule has 136 valence electrons. The van der Waals surface area contributed by atoms with Crippen molar-refractivity contribution in [2.75, 3.05) is 13.1 Å². The molecular weight excluding hydrogens is 322 g/mol. The Morgan fingerprint density at radius 2 is 2.00 bits per heavy atom. The molecule has 2 aromatic rings. The van der Waals surface area contributed by atoms with Crippen LogP contribution >= 0.6 is 0 Å². The first-order valence-corrected chi connectivity index (χ1v) is 9.82. The second kappa shape index (κ2) is 7.90. The van der Waals surface area contributed by atoms with Crippen molar-refractivity contribution in [3.8, 4) is 0 Å². The molecule has 4 heteroatoms. The SMILES string of the molecule is O=C(C=Cc1ccccc1)N1CCCC(c2nccn2CC2CCC2)C1. The molecular formula is C22H27N3O. The highest BCUT2D eigenvalue weighted by Crippen LogP contribution is 2.31. The highest BCUT2D eigenvalue weighted by atomic mass is 16.2. The van der Waals surface area contributed by atoms with Gasteiger partial charge < -0.3 is 9.47 Å². The number of imidazole rings is 1. The van der Waals surface area contributed by atoms with E-state index < -0.39 is 0 Å². The molecule has 1 amide bonds. The van der Waals surface area contributed by atoms with Gasteiger partial charge >= 0.3 is 0 Å². The molecule has 0 spiro atoms. The third-order valence-electron chi connectivity index (χ3n) is 5.74. The van der Waals surface area contributed by atoms with E-state index in [1.807, 2.05) is 47.5 Å². The molecule has 2 aliphatic rings. The average Bonchev–Trinajstić information content (AvgIpc) is 3.12. The summed E-state index contributed by atoms with van der Waals surface area (Å²) in [5.74, 6) is 2.45. The van der Waals surface area contributed by atoms with Crippen molar-refractivity contribution in [2.24, 2.45) is 5.92 Å². The van der Waals surface area contributed by atoms with Crippen LogP contribution in [0.2, 0.25) is 0 Å². The Morgan fingerprint density at radius 3 is 2.77 bits per heavy atom. The zero-order chi connectivity index (χ0) is 17.8. The zero-order valence-electron chi connectivity index (χ0n) is 15.3. The second-order valence-electron chi connectivity index (χ2n) is 7.60. The molecule has 1 aromatic heterocycles. The quantitative estimate of drug-likeness (QED) is 0.762. The Labute approximate surface area is 155 Å². The maximum absolute atomic E-state index is 12.6. The van der Waals surface area contributed by atoms with Gasteiger partial charge in [-0.25, -0.2) is 4.98 Å². The Hall–Kier alpha value is -2.36. The summed E-state index contributed by atoms with van der Waals surface area (Å²) in [5, 5.41) is 0. The number of rotatable bonds is 5.